The lowest BCUT2D eigenvalue weighted by Crippen LogP contribution is -2.42. The predicted octanol–water partition coefficient (Wildman–Crippen LogP) is 2.25. The van der Waals surface area contributed by atoms with E-state index in [1.807, 2.05) is 23.9 Å². The van der Waals surface area contributed by atoms with Crippen LogP contribution in [-0.4, -0.2) is 35.1 Å². The monoisotopic (exact) mass is 274 g/mol. The second-order valence-electron chi connectivity index (χ2n) is 5.81. The van der Waals surface area contributed by atoms with E-state index in [1.165, 1.54) is 50.9 Å². The third kappa shape index (κ3) is 4.09. The van der Waals surface area contributed by atoms with Crippen LogP contribution >= 0.6 is 0 Å². The zero-order valence-corrected chi connectivity index (χ0v) is 12.7. The summed E-state index contributed by atoms with van der Waals surface area (Å²) in [5.74, 6) is 0. The summed E-state index contributed by atoms with van der Waals surface area (Å²) in [5, 5.41) is 12.6. The van der Waals surface area contributed by atoms with E-state index in [-0.39, 0.29) is 0 Å². The highest BCUT2D eigenvalue weighted by atomic mass is 15.1. The molecule has 2 rings (SSSR count). The predicted molar refractivity (Wildman–Crippen MR) is 81.3 cm³/mol. The number of nitrogens with one attached hydrogen (secondary N) is 1. The number of unbranched alkanes of at least 4 members (excludes halogenated alkanes) is 1. The van der Waals surface area contributed by atoms with Gasteiger partial charge in [0.15, 0.2) is 0 Å². The number of likely N-dealkylation sites (tertiary alicyclic amines) is 1. The van der Waals surface area contributed by atoms with Crippen LogP contribution in [0.5, 0.6) is 0 Å². The Bertz CT molecular complexity index is 450. The molecule has 0 atom stereocenters. The fourth-order valence-corrected chi connectivity index (χ4v) is 2.85. The maximum Gasteiger partial charge on any atom is 0.120 e. The van der Waals surface area contributed by atoms with Crippen molar-refractivity contribution in [2.24, 2.45) is 7.05 Å². The normalized spacial score (nSPS) is 17.2. The van der Waals surface area contributed by atoms with E-state index >= 15 is 0 Å². The summed E-state index contributed by atoms with van der Waals surface area (Å²) >= 11 is 0. The Hall–Kier alpha value is -1.31. The smallest absolute Gasteiger partial charge is 0.120 e. The maximum absolute atomic E-state index is 8.95. The van der Waals surface area contributed by atoms with Gasteiger partial charge in [0.25, 0.3) is 0 Å². The van der Waals surface area contributed by atoms with Gasteiger partial charge in [-0.15, -0.1) is 0 Å². The number of nitriles is 1. The highest BCUT2D eigenvalue weighted by Crippen LogP contribution is 2.13. The van der Waals surface area contributed by atoms with E-state index in [1.54, 1.807) is 0 Å². The molecule has 1 fully saturated rings. The summed E-state index contributed by atoms with van der Waals surface area (Å²) in [5.41, 5.74) is 1.94. The standard InChI is InChI=1S/C16H26N4/c1-3-4-7-20-8-5-15(6-9-20)18-12-14-10-16(11-17)19(2)13-14/h10,13,15,18H,3-9,12H2,1-2H3. The minimum Gasteiger partial charge on any atom is -0.342 e. The first-order valence-corrected chi connectivity index (χ1v) is 7.74. The molecule has 2 heterocycles. The summed E-state index contributed by atoms with van der Waals surface area (Å²) in [4.78, 5) is 2.58. The van der Waals surface area contributed by atoms with Crippen molar-refractivity contribution in [2.45, 2.75) is 45.2 Å². The summed E-state index contributed by atoms with van der Waals surface area (Å²) in [6, 6.07) is 4.81. The first-order chi connectivity index (χ1) is 9.72. The zero-order chi connectivity index (χ0) is 14.4. The van der Waals surface area contributed by atoms with E-state index in [0.29, 0.717) is 6.04 Å². The van der Waals surface area contributed by atoms with Gasteiger partial charge >= 0.3 is 0 Å². The van der Waals surface area contributed by atoms with Crippen LogP contribution in [0.25, 0.3) is 0 Å². The van der Waals surface area contributed by atoms with Gasteiger partial charge in [-0.25, -0.2) is 0 Å². The molecule has 0 spiro atoms. The molecular formula is C16H26N4. The van der Waals surface area contributed by atoms with Gasteiger partial charge in [0.05, 0.1) is 0 Å². The van der Waals surface area contributed by atoms with E-state index in [9.17, 15) is 0 Å². The van der Waals surface area contributed by atoms with Crippen molar-refractivity contribution in [3.63, 3.8) is 0 Å². The van der Waals surface area contributed by atoms with Crippen molar-refractivity contribution >= 4 is 0 Å². The van der Waals surface area contributed by atoms with E-state index in [0.717, 1.165) is 12.2 Å². The number of aromatic nitrogens is 1. The largest absolute Gasteiger partial charge is 0.342 e. The van der Waals surface area contributed by atoms with Gasteiger partial charge in [0.2, 0.25) is 0 Å². The number of hydrogen-bond acceptors (Lipinski definition) is 3. The molecule has 1 aromatic heterocycles. The molecule has 0 unspecified atom stereocenters. The average Bonchev–Trinajstić information content (AvgIpc) is 2.84. The van der Waals surface area contributed by atoms with Crippen LogP contribution in [0, 0.1) is 11.3 Å². The highest BCUT2D eigenvalue weighted by Gasteiger charge is 2.18. The third-order valence-corrected chi connectivity index (χ3v) is 4.19. The lowest BCUT2D eigenvalue weighted by molar-refractivity contribution is 0.195. The Morgan fingerprint density at radius 1 is 1.40 bits per heavy atom. The van der Waals surface area contributed by atoms with Crippen LogP contribution in [0.2, 0.25) is 0 Å². The summed E-state index contributed by atoms with van der Waals surface area (Å²) in [6.45, 7) is 6.82. The van der Waals surface area contributed by atoms with Gasteiger partial charge < -0.3 is 14.8 Å². The van der Waals surface area contributed by atoms with Crippen molar-refractivity contribution in [2.75, 3.05) is 19.6 Å². The van der Waals surface area contributed by atoms with Crippen LogP contribution < -0.4 is 5.32 Å². The molecule has 1 aliphatic heterocycles. The molecule has 0 amide bonds. The molecular weight excluding hydrogens is 248 g/mol. The van der Waals surface area contributed by atoms with Gasteiger partial charge in [-0.3, -0.25) is 0 Å². The van der Waals surface area contributed by atoms with E-state index in [2.05, 4.69) is 23.2 Å². The van der Waals surface area contributed by atoms with Gasteiger partial charge in [-0.1, -0.05) is 13.3 Å². The first kappa shape index (κ1) is 15.1. The lowest BCUT2D eigenvalue weighted by atomic mass is 10.0. The van der Waals surface area contributed by atoms with Crippen LogP contribution in [0.3, 0.4) is 0 Å². The van der Waals surface area contributed by atoms with Gasteiger partial charge in [-0.2, -0.15) is 5.26 Å². The third-order valence-electron chi connectivity index (χ3n) is 4.19. The summed E-state index contributed by atoms with van der Waals surface area (Å²) < 4.78 is 1.89. The molecule has 110 valence electrons. The topological polar surface area (TPSA) is 44.0 Å². The Kier molecular flexibility index (Phi) is 5.63. The molecule has 4 nitrogen and oxygen atoms in total. The minimum absolute atomic E-state index is 0.624. The number of rotatable bonds is 6. The number of nitrogens with zero attached hydrogens (tertiary/aromatic N) is 3. The average molecular weight is 274 g/mol. The van der Waals surface area contributed by atoms with Crippen LogP contribution in [0.4, 0.5) is 0 Å². The summed E-state index contributed by atoms with van der Waals surface area (Å²) in [7, 11) is 1.92. The van der Waals surface area contributed by atoms with Gasteiger partial charge in [0.1, 0.15) is 11.8 Å². The van der Waals surface area contributed by atoms with Crippen LogP contribution in [0.1, 0.15) is 43.9 Å². The van der Waals surface area contributed by atoms with E-state index < -0.39 is 0 Å². The second kappa shape index (κ2) is 7.47. The Balaban J connectivity index is 1.72. The lowest BCUT2D eigenvalue weighted by Gasteiger charge is -2.32. The number of piperidine rings is 1. The van der Waals surface area contributed by atoms with Gasteiger partial charge in [0, 0.05) is 25.8 Å². The Labute approximate surface area is 122 Å². The molecule has 20 heavy (non-hydrogen) atoms. The molecule has 1 saturated heterocycles. The number of hydrogen-bond donors (Lipinski definition) is 1. The van der Waals surface area contributed by atoms with Crippen molar-refractivity contribution in [1.29, 1.82) is 5.26 Å². The van der Waals surface area contributed by atoms with Crippen molar-refractivity contribution in [3.8, 4) is 6.07 Å². The maximum atomic E-state index is 8.95. The fourth-order valence-electron chi connectivity index (χ4n) is 2.85. The molecule has 0 radical (unpaired) electrons. The Morgan fingerprint density at radius 3 is 2.75 bits per heavy atom. The van der Waals surface area contributed by atoms with Crippen molar-refractivity contribution in [3.05, 3.63) is 23.5 Å². The fraction of sp³-hybridized carbons (Fsp3) is 0.688. The Morgan fingerprint density at radius 2 is 2.15 bits per heavy atom. The van der Waals surface area contributed by atoms with Crippen molar-refractivity contribution < 1.29 is 0 Å². The van der Waals surface area contributed by atoms with Crippen molar-refractivity contribution in [1.82, 2.24) is 14.8 Å². The molecule has 0 bridgehead atoms. The first-order valence-electron chi connectivity index (χ1n) is 7.74. The minimum atomic E-state index is 0.624. The number of aryl methyl sites for hydroxylation is 1. The molecule has 0 aromatic carbocycles. The molecule has 1 aromatic rings. The van der Waals surface area contributed by atoms with E-state index in [4.69, 9.17) is 5.26 Å². The zero-order valence-electron chi connectivity index (χ0n) is 12.7. The van der Waals surface area contributed by atoms with Gasteiger partial charge in [-0.05, 0) is 50.5 Å². The SMILES string of the molecule is CCCCN1CCC(NCc2cc(C#N)n(C)c2)CC1. The molecule has 1 N–H and O–H groups in total. The second-order valence-corrected chi connectivity index (χ2v) is 5.81. The summed E-state index contributed by atoms with van der Waals surface area (Å²) in [6.07, 6.45) is 7.12. The van der Waals surface area contributed by atoms with Crippen LogP contribution in [0.15, 0.2) is 12.3 Å². The highest BCUT2D eigenvalue weighted by molar-refractivity contribution is 5.28. The molecule has 0 saturated carbocycles. The molecule has 4 heteroatoms. The molecule has 0 aliphatic carbocycles. The quantitative estimate of drug-likeness (QED) is 0.865. The van der Waals surface area contributed by atoms with Crippen LogP contribution in [-0.2, 0) is 13.6 Å². The molecule has 1 aliphatic rings.